The Balaban J connectivity index is 1.82. The van der Waals surface area contributed by atoms with Gasteiger partial charge in [0.1, 0.15) is 5.76 Å². The Bertz CT molecular complexity index is 467. The van der Waals surface area contributed by atoms with E-state index in [4.69, 9.17) is 9.56 Å². The highest BCUT2D eigenvalue weighted by molar-refractivity contribution is 7.89. The average Bonchev–Trinajstić information content (AvgIpc) is 2.71. The lowest BCUT2D eigenvalue weighted by atomic mass is 9.93. The monoisotopic (exact) mass is 258 g/mol. The molecule has 0 spiro atoms. The second kappa shape index (κ2) is 5.20. The summed E-state index contributed by atoms with van der Waals surface area (Å²) in [5, 5.41) is 8.30. The second-order valence-corrected chi connectivity index (χ2v) is 6.15. The molecule has 17 heavy (non-hydrogen) atoms. The van der Waals surface area contributed by atoms with Crippen LogP contribution in [0.4, 0.5) is 0 Å². The first-order valence-electron chi connectivity index (χ1n) is 5.86. The summed E-state index contributed by atoms with van der Waals surface area (Å²) in [4.78, 5) is 0. The molecule has 0 fully saturated rings. The summed E-state index contributed by atoms with van der Waals surface area (Å²) in [6.45, 7) is 0.658. The molecule has 0 radical (unpaired) electrons. The fourth-order valence-corrected chi connectivity index (χ4v) is 2.79. The van der Waals surface area contributed by atoms with E-state index in [2.05, 4.69) is 5.32 Å². The Kier molecular flexibility index (Phi) is 3.86. The number of rotatable bonds is 5. The number of hydrogen-bond acceptors (Lipinski definition) is 4. The van der Waals surface area contributed by atoms with Gasteiger partial charge in [-0.3, -0.25) is 0 Å². The van der Waals surface area contributed by atoms with Crippen LogP contribution in [-0.4, -0.2) is 20.7 Å². The third kappa shape index (κ3) is 3.55. The molecule has 0 saturated carbocycles. The third-order valence-electron chi connectivity index (χ3n) is 3.05. The number of fused-ring (bicyclic) bond motifs is 1. The highest BCUT2D eigenvalue weighted by Crippen LogP contribution is 2.30. The normalized spacial score (nSPS) is 20.2. The van der Waals surface area contributed by atoms with Crippen molar-refractivity contribution in [2.24, 2.45) is 5.14 Å². The van der Waals surface area contributed by atoms with E-state index in [1.807, 2.05) is 6.07 Å². The minimum atomic E-state index is -3.34. The van der Waals surface area contributed by atoms with Crippen molar-refractivity contribution in [3.63, 3.8) is 0 Å². The van der Waals surface area contributed by atoms with Gasteiger partial charge in [0.15, 0.2) is 0 Å². The van der Waals surface area contributed by atoms with Gasteiger partial charge in [0.25, 0.3) is 0 Å². The van der Waals surface area contributed by atoms with Gasteiger partial charge in [-0.2, -0.15) is 0 Å². The maximum absolute atomic E-state index is 10.8. The molecule has 1 aliphatic rings. The van der Waals surface area contributed by atoms with Crippen LogP contribution in [0.25, 0.3) is 0 Å². The van der Waals surface area contributed by atoms with E-state index in [-0.39, 0.29) is 11.8 Å². The van der Waals surface area contributed by atoms with Gasteiger partial charge < -0.3 is 9.73 Å². The Labute approximate surface area is 101 Å². The maximum atomic E-state index is 10.8. The van der Waals surface area contributed by atoms with Crippen molar-refractivity contribution in [3.05, 3.63) is 23.7 Å². The van der Waals surface area contributed by atoms with Crippen LogP contribution in [0.5, 0.6) is 0 Å². The minimum Gasteiger partial charge on any atom is -0.469 e. The van der Waals surface area contributed by atoms with E-state index < -0.39 is 10.0 Å². The molecule has 1 aliphatic carbocycles. The molecular weight excluding hydrogens is 240 g/mol. The van der Waals surface area contributed by atoms with E-state index >= 15 is 0 Å². The van der Waals surface area contributed by atoms with Crippen LogP contribution >= 0.6 is 0 Å². The van der Waals surface area contributed by atoms with Gasteiger partial charge >= 0.3 is 0 Å². The SMILES string of the molecule is NS(=O)(=O)CCCNC1CCCc2occc21. The van der Waals surface area contributed by atoms with Crippen LogP contribution in [0.1, 0.15) is 36.6 Å². The molecule has 0 aromatic carbocycles. The van der Waals surface area contributed by atoms with Crippen molar-refractivity contribution >= 4 is 10.0 Å². The highest BCUT2D eigenvalue weighted by Gasteiger charge is 2.21. The molecule has 2 rings (SSSR count). The van der Waals surface area contributed by atoms with Gasteiger partial charge in [0.2, 0.25) is 10.0 Å². The molecule has 1 aromatic heterocycles. The zero-order valence-electron chi connectivity index (χ0n) is 9.69. The van der Waals surface area contributed by atoms with Crippen LogP contribution in [0.15, 0.2) is 16.7 Å². The molecular formula is C11H18N2O3S. The number of hydrogen-bond donors (Lipinski definition) is 2. The molecule has 96 valence electrons. The Morgan fingerprint density at radius 3 is 3.12 bits per heavy atom. The van der Waals surface area contributed by atoms with Crippen molar-refractivity contribution in [2.75, 3.05) is 12.3 Å². The van der Waals surface area contributed by atoms with Crippen molar-refractivity contribution in [1.82, 2.24) is 5.32 Å². The number of sulfonamides is 1. The van der Waals surface area contributed by atoms with Crippen molar-refractivity contribution in [3.8, 4) is 0 Å². The van der Waals surface area contributed by atoms with Gasteiger partial charge in [0.05, 0.1) is 12.0 Å². The summed E-state index contributed by atoms with van der Waals surface area (Å²) >= 11 is 0. The summed E-state index contributed by atoms with van der Waals surface area (Å²) < 4.78 is 26.9. The van der Waals surface area contributed by atoms with E-state index in [1.165, 1.54) is 5.56 Å². The summed E-state index contributed by atoms with van der Waals surface area (Å²) in [5.74, 6) is 1.09. The summed E-state index contributed by atoms with van der Waals surface area (Å²) in [6.07, 6.45) is 5.44. The van der Waals surface area contributed by atoms with Gasteiger partial charge in [-0.1, -0.05) is 0 Å². The molecule has 1 aromatic rings. The molecule has 0 aliphatic heterocycles. The molecule has 5 nitrogen and oxygen atoms in total. The fraction of sp³-hybridized carbons (Fsp3) is 0.636. The lowest BCUT2D eigenvalue weighted by molar-refractivity contribution is 0.412. The first-order chi connectivity index (χ1) is 8.06. The molecule has 0 bridgehead atoms. The minimum absolute atomic E-state index is 0.0327. The van der Waals surface area contributed by atoms with E-state index in [0.717, 1.165) is 25.0 Å². The van der Waals surface area contributed by atoms with Gasteiger partial charge in [0, 0.05) is 18.0 Å². The summed E-state index contributed by atoms with van der Waals surface area (Å²) in [5.41, 5.74) is 1.21. The number of nitrogens with two attached hydrogens (primary N) is 1. The van der Waals surface area contributed by atoms with Crippen LogP contribution in [-0.2, 0) is 16.4 Å². The van der Waals surface area contributed by atoms with E-state index in [1.54, 1.807) is 6.26 Å². The topological polar surface area (TPSA) is 85.3 Å². The number of nitrogens with one attached hydrogen (secondary N) is 1. The van der Waals surface area contributed by atoms with Crippen molar-refractivity contribution in [2.45, 2.75) is 31.7 Å². The molecule has 0 amide bonds. The first kappa shape index (κ1) is 12.6. The zero-order chi connectivity index (χ0) is 12.3. The Morgan fingerprint density at radius 2 is 2.35 bits per heavy atom. The predicted molar refractivity (Wildman–Crippen MR) is 65.0 cm³/mol. The van der Waals surface area contributed by atoms with Gasteiger partial charge in [-0.15, -0.1) is 0 Å². The number of aryl methyl sites for hydroxylation is 1. The fourth-order valence-electron chi connectivity index (χ4n) is 2.25. The molecule has 1 atom stereocenters. The van der Waals surface area contributed by atoms with E-state index in [9.17, 15) is 8.42 Å². The molecule has 0 saturated heterocycles. The molecule has 1 unspecified atom stereocenters. The van der Waals surface area contributed by atoms with Crippen molar-refractivity contribution in [1.29, 1.82) is 0 Å². The predicted octanol–water partition coefficient (Wildman–Crippen LogP) is 0.925. The Hall–Kier alpha value is -0.850. The summed E-state index contributed by atoms with van der Waals surface area (Å²) in [7, 11) is -3.34. The zero-order valence-corrected chi connectivity index (χ0v) is 10.5. The summed E-state index contributed by atoms with van der Waals surface area (Å²) in [6, 6.07) is 2.28. The van der Waals surface area contributed by atoms with E-state index in [0.29, 0.717) is 13.0 Å². The van der Waals surface area contributed by atoms with Crippen LogP contribution in [0.3, 0.4) is 0 Å². The van der Waals surface area contributed by atoms with Gasteiger partial charge in [-0.05, 0) is 31.9 Å². The quantitative estimate of drug-likeness (QED) is 0.769. The van der Waals surface area contributed by atoms with Crippen LogP contribution < -0.4 is 10.5 Å². The second-order valence-electron chi connectivity index (χ2n) is 4.42. The average molecular weight is 258 g/mol. The molecule has 3 N–H and O–H groups in total. The standard InChI is InChI=1S/C11H18N2O3S/c12-17(14,15)8-2-6-13-10-3-1-4-11-9(10)5-7-16-11/h5,7,10,13H,1-4,6,8H2,(H2,12,14,15). The number of furan rings is 1. The van der Waals surface area contributed by atoms with Crippen molar-refractivity contribution < 1.29 is 12.8 Å². The maximum Gasteiger partial charge on any atom is 0.209 e. The first-order valence-corrected chi connectivity index (χ1v) is 7.58. The Morgan fingerprint density at radius 1 is 1.53 bits per heavy atom. The lowest BCUT2D eigenvalue weighted by Crippen LogP contribution is -2.27. The number of primary sulfonamides is 1. The molecule has 6 heteroatoms. The smallest absolute Gasteiger partial charge is 0.209 e. The third-order valence-corrected chi connectivity index (χ3v) is 3.91. The highest BCUT2D eigenvalue weighted by atomic mass is 32.2. The molecule has 1 heterocycles. The van der Waals surface area contributed by atoms with Gasteiger partial charge in [-0.25, -0.2) is 13.6 Å². The lowest BCUT2D eigenvalue weighted by Gasteiger charge is -2.22. The largest absolute Gasteiger partial charge is 0.469 e. The van der Waals surface area contributed by atoms with Crippen LogP contribution in [0.2, 0.25) is 0 Å². The van der Waals surface area contributed by atoms with Crippen LogP contribution in [0, 0.1) is 0 Å².